The quantitative estimate of drug-likeness (QED) is 0.0393. The molecular weight excluding hydrogens is 867 g/mol. The van der Waals surface area contributed by atoms with Gasteiger partial charge in [-0.05, 0) is 149 Å². The van der Waals surface area contributed by atoms with Gasteiger partial charge in [0.15, 0.2) is 0 Å². The summed E-state index contributed by atoms with van der Waals surface area (Å²) in [4.78, 5) is 30.8. The average molecular weight is 954 g/mol. The third kappa shape index (κ3) is 17.7. The van der Waals surface area contributed by atoms with E-state index >= 15 is 0 Å². The summed E-state index contributed by atoms with van der Waals surface area (Å²) in [5, 5.41) is 7.60. The molecule has 10 heteroatoms. The van der Waals surface area contributed by atoms with E-state index in [1.54, 1.807) is 11.3 Å². The number of rotatable bonds is 17. The van der Waals surface area contributed by atoms with Crippen LogP contribution < -0.4 is 24.0 Å². The molecule has 0 atom stereocenters. The van der Waals surface area contributed by atoms with Crippen LogP contribution in [-0.4, -0.2) is 42.9 Å². The zero-order valence-electron chi connectivity index (χ0n) is 39.6. The van der Waals surface area contributed by atoms with Gasteiger partial charge in [0.25, 0.3) is 0 Å². The number of carbonyl (C=O) groups excluding carboxylic acids is 2. The molecule has 9 nitrogen and oxygen atoms in total. The summed E-state index contributed by atoms with van der Waals surface area (Å²) in [6.07, 6.45) is 11.0. The maximum absolute atomic E-state index is 13.0. The number of carbonyl (C=O) groups is 2. The molecule has 2 aliphatic carbocycles. The summed E-state index contributed by atoms with van der Waals surface area (Å²) in [5.74, 6) is 2.93. The lowest BCUT2D eigenvalue weighted by Gasteiger charge is -2.28. The second-order valence-corrected chi connectivity index (χ2v) is 17.5. The Balaban J connectivity index is 0.00000282. The molecule has 2 fully saturated rings. The van der Waals surface area contributed by atoms with E-state index in [2.05, 4.69) is 19.9 Å². The molecule has 2 saturated carbocycles. The lowest BCUT2D eigenvalue weighted by Crippen LogP contribution is -2.28. The number of benzene rings is 4. The number of para-hydroxylation sites is 1. The van der Waals surface area contributed by atoms with Gasteiger partial charge in [-0.1, -0.05) is 132 Å². The van der Waals surface area contributed by atoms with Crippen molar-refractivity contribution in [1.82, 2.24) is 4.98 Å². The minimum Gasteiger partial charge on any atom is -0.493 e. The number of ether oxygens (including phenoxy) is 4. The van der Waals surface area contributed by atoms with Crippen molar-refractivity contribution >= 4 is 44.3 Å². The van der Waals surface area contributed by atoms with Crippen LogP contribution in [0.25, 0.3) is 10.2 Å². The zero-order valence-corrected chi connectivity index (χ0v) is 40.4. The third-order valence-corrected chi connectivity index (χ3v) is 13.0. The van der Waals surface area contributed by atoms with Crippen molar-refractivity contribution in [1.29, 1.82) is 0 Å². The number of aromatic nitrogens is 1. The molecule has 0 spiro atoms. The van der Waals surface area contributed by atoms with E-state index in [0.29, 0.717) is 36.5 Å². The summed E-state index contributed by atoms with van der Waals surface area (Å²) in [6, 6.07) is 29.9. The molecule has 7 rings (SSSR count). The van der Waals surface area contributed by atoms with Gasteiger partial charge in [-0.3, -0.25) is 9.59 Å². The average Bonchev–Trinajstić information content (AvgIpc) is 3.78. The molecular formula is C58H87N3O6S. The molecule has 0 bridgehead atoms. The third-order valence-electron chi connectivity index (χ3n) is 11.9. The first kappa shape index (κ1) is 60.8. The lowest BCUT2D eigenvalue weighted by molar-refractivity contribution is -0.141. The minimum absolute atomic E-state index is 0. The molecule has 2 aliphatic rings. The van der Waals surface area contributed by atoms with Gasteiger partial charge in [0.1, 0.15) is 23.0 Å². The van der Waals surface area contributed by atoms with Crippen molar-refractivity contribution < 1.29 is 28.5 Å². The second-order valence-electron chi connectivity index (χ2n) is 16.5. The largest absolute Gasteiger partial charge is 0.493 e. The smallest absolute Gasteiger partial charge is 0.314 e. The van der Waals surface area contributed by atoms with E-state index in [4.69, 9.17) is 29.0 Å². The SMILES string of the molecule is C.C.C.C.CC.CC.CCCc1ccc(OC(=O)C2CCC(COc3ccc(OCC4CCC(C(=O)Oc5ccc(CCC)cc5)CC4)c(/C(C)=N/N(C)c4nc5ccccc5s4)c3)CC2)cc1. The fraction of sp³-hybridized carbons (Fsp3) is 0.517. The van der Waals surface area contributed by atoms with Crippen molar-refractivity contribution in [3.63, 3.8) is 0 Å². The number of hydrazone groups is 1. The van der Waals surface area contributed by atoms with Crippen molar-refractivity contribution in [2.45, 2.75) is 155 Å². The van der Waals surface area contributed by atoms with E-state index in [1.165, 1.54) is 11.1 Å². The summed E-state index contributed by atoms with van der Waals surface area (Å²) in [6.45, 7) is 15.4. The maximum Gasteiger partial charge on any atom is 0.314 e. The lowest BCUT2D eigenvalue weighted by atomic mass is 9.82. The number of nitrogens with zero attached hydrogens (tertiary/aromatic N) is 3. The molecule has 0 N–H and O–H groups in total. The van der Waals surface area contributed by atoms with Gasteiger partial charge in [-0.2, -0.15) is 5.10 Å². The van der Waals surface area contributed by atoms with Gasteiger partial charge in [-0.25, -0.2) is 9.99 Å². The summed E-state index contributed by atoms with van der Waals surface area (Å²) in [7, 11) is 1.92. The summed E-state index contributed by atoms with van der Waals surface area (Å²) < 4.78 is 25.6. The molecule has 68 heavy (non-hydrogen) atoms. The Morgan fingerprint density at radius 1 is 0.632 bits per heavy atom. The maximum atomic E-state index is 13.0. The highest BCUT2D eigenvalue weighted by Gasteiger charge is 2.30. The Morgan fingerprint density at radius 3 is 1.56 bits per heavy atom. The molecule has 0 aliphatic heterocycles. The van der Waals surface area contributed by atoms with Gasteiger partial charge < -0.3 is 18.9 Å². The highest BCUT2D eigenvalue weighted by atomic mass is 32.1. The normalized spacial score (nSPS) is 17.3. The van der Waals surface area contributed by atoms with Crippen LogP contribution in [0.1, 0.15) is 159 Å². The van der Waals surface area contributed by atoms with Crippen molar-refractivity contribution in [2.24, 2.45) is 28.8 Å². The Morgan fingerprint density at radius 2 is 1.09 bits per heavy atom. The first-order chi connectivity index (χ1) is 31.2. The van der Waals surface area contributed by atoms with Crippen molar-refractivity contribution in [3.8, 4) is 23.0 Å². The van der Waals surface area contributed by atoms with E-state index in [1.807, 2.05) is 132 Å². The van der Waals surface area contributed by atoms with Crippen LogP contribution in [-0.2, 0) is 22.4 Å². The minimum atomic E-state index is -0.140. The first-order valence-corrected chi connectivity index (χ1v) is 24.7. The molecule has 0 unspecified atom stereocenters. The molecule has 376 valence electrons. The van der Waals surface area contributed by atoms with Crippen LogP contribution in [0.15, 0.2) is 96.1 Å². The Bertz CT molecular complexity index is 2170. The highest BCUT2D eigenvalue weighted by molar-refractivity contribution is 7.22. The highest BCUT2D eigenvalue weighted by Crippen LogP contribution is 2.35. The topological polar surface area (TPSA) is 99.5 Å². The van der Waals surface area contributed by atoms with Crippen LogP contribution >= 0.6 is 11.3 Å². The van der Waals surface area contributed by atoms with Crippen LogP contribution in [0.3, 0.4) is 0 Å². The number of hydrogen-bond donors (Lipinski definition) is 0. The fourth-order valence-electron chi connectivity index (χ4n) is 8.30. The molecule has 5 aromatic rings. The molecule has 4 aromatic carbocycles. The summed E-state index contributed by atoms with van der Waals surface area (Å²) >= 11 is 1.60. The fourth-order valence-corrected chi connectivity index (χ4v) is 9.18. The van der Waals surface area contributed by atoms with Crippen LogP contribution in [0, 0.1) is 23.7 Å². The standard InChI is InChI=1S/C50H59N3O6S.2C2H6.4CH4/c1-5-9-35-17-25-41(26-18-35)58-48(54)39-21-13-37(14-22-39)32-56-43-29-30-46(44(31-43)34(3)52-53(4)50-51-45-11-7-8-12-47(45)60-50)57-33-38-15-23-40(24-16-38)49(55)59-42-27-19-36(10-6-2)20-28-42;2*1-2;;;;/h7-8,11-12,17-20,25-31,37-40H,5-6,9-10,13-16,21-24,32-33H2,1-4H3;2*1-2H3;4*1H4/b52-34+;;;;;;. The van der Waals surface area contributed by atoms with E-state index in [9.17, 15) is 9.59 Å². The van der Waals surface area contributed by atoms with Crippen LogP contribution in [0.4, 0.5) is 5.13 Å². The van der Waals surface area contributed by atoms with E-state index < -0.39 is 0 Å². The Hall–Kier alpha value is -5.22. The second kappa shape index (κ2) is 31.8. The van der Waals surface area contributed by atoms with Crippen LogP contribution in [0.2, 0.25) is 0 Å². The number of thiazole rings is 1. The number of aryl methyl sites for hydroxylation is 2. The predicted octanol–water partition coefficient (Wildman–Crippen LogP) is 16.2. The molecule has 0 saturated heterocycles. The van der Waals surface area contributed by atoms with Crippen molar-refractivity contribution in [3.05, 3.63) is 108 Å². The Labute approximate surface area is 416 Å². The van der Waals surface area contributed by atoms with Gasteiger partial charge in [0.05, 0.1) is 41.0 Å². The van der Waals surface area contributed by atoms with Gasteiger partial charge in [-0.15, -0.1) is 0 Å². The number of anilines is 1. The monoisotopic (exact) mass is 954 g/mol. The van der Waals surface area contributed by atoms with Crippen LogP contribution in [0.5, 0.6) is 23.0 Å². The zero-order chi connectivity index (χ0) is 45.8. The van der Waals surface area contributed by atoms with Crippen molar-refractivity contribution in [2.75, 3.05) is 25.3 Å². The predicted molar refractivity (Wildman–Crippen MR) is 290 cm³/mol. The van der Waals surface area contributed by atoms with Gasteiger partial charge in [0, 0.05) is 12.6 Å². The number of hydrogen-bond acceptors (Lipinski definition) is 10. The number of fused-ring (bicyclic) bond motifs is 1. The first-order valence-electron chi connectivity index (χ1n) is 23.9. The summed E-state index contributed by atoms with van der Waals surface area (Å²) in [5.41, 5.74) is 5.10. The molecule has 1 aromatic heterocycles. The molecule has 1 heterocycles. The van der Waals surface area contributed by atoms with Gasteiger partial charge >= 0.3 is 11.9 Å². The van der Waals surface area contributed by atoms with E-state index in [-0.39, 0.29) is 53.5 Å². The van der Waals surface area contributed by atoms with Gasteiger partial charge in [0.2, 0.25) is 5.13 Å². The molecule has 0 radical (unpaired) electrons. The number of esters is 2. The van der Waals surface area contributed by atoms with E-state index in [0.717, 1.165) is 115 Å². The Kier molecular flexibility index (Phi) is 28.4. The molecule has 0 amide bonds.